The van der Waals surface area contributed by atoms with Gasteiger partial charge in [-0.15, -0.1) is 0 Å². The van der Waals surface area contributed by atoms with Crippen LogP contribution in [-0.2, 0) is 6.54 Å². The van der Waals surface area contributed by atoms with Crippen molar-refractivity contribution < 1.29 is 18.7 Å². The van der Waals surface area contributed by atoms with Gasteiger partial charge in [-0.05, 0) is 49.7 Å². The van der Waals surface area contributed by atoms with Crippen molar-refractivity contribution in [1.29, 1.82) is 0 Å². The first kappa shape index (κ1) is 19.4. The predicted molar refractivity (Wildman–Crippen MR) is 104 cm³/mol. The number of ether oxygens (including phenoxy) is 2. The average molecular weight is 383 g/mol. The number of hydrogen-bond acceptors (Lipinski definition) is 4. The summed E-state index contributed by atoms with van der Waals surface area (Å²) in [6, 6.07) is 11.3. The molecule has 0 radical (unpaired) electrons. The lowest BCUT2D eigenvalue weighted by molar-refractivity contribution is 0.102. The summed E-state index contributed by atoms with van der Waals surface area (Å²) in [6.45, 7) is 5.23. The molecule has 0 aliphatic rings. The Hall–Kier alpha value is -3.35. The Morgan fingerprint density at radius 3 is 2.50 bits per heavy atom. The molecule has 1 aromatic heterocycles. The molecule has 0 bridgehead atoms. The highest BCUT2D eigenvalue weighted by Gasteiger charge is 2.12. The molecule has 0 saturated heterocycles. The van der Waals surface area contributed by atoms with E-state index < -0.39 is 0 Å². The predicted octanol–water partition coefficient (Wildman–Crippen LogP) is 4.12. The number of benzene rings is 2. The van der Waals surface area contributed by atoms with E-state index in [0.29, 0.717) is 42.5 Å². The van der Waals surface area contributed by atoms with Gasteiger partial charge in [-0.3, -0.25) is 9.48 Å². The standard InChI is InChI=1S/C21H22FN3O3/c1-3-27-19-10-7-16(11-20(19)28-4-2)21(26)24-18-12-23-25(14-18)13-15-5-8-17(22)9-6-15/h5-12,14H,3-4,13H2,1-2H3,(H,24,26). The molecule has 0 aliphatic heterocycles. The number of rotatable bonds is 8. The topological polar surface area (TPSA) is 65.4 Å². The van der Waals surface area contributed by atoms with Crippen LogP contribution in [-0.4, -0.2) is 28.9 Å². The van der Waals surface area contributed by atoms with Gasteiger partial charge in [-0.2, -0.15) is 5.10 Å². The van der Waals surface area contributed by atoms with Crippen molar-refractivity contribution in [2.75, 3.05) is 18.5 Å². The van der Waals surface area contributed by atoms with Crippen molar-refractivity contribution in [3.8, 4) is 11.5 Å². The van der Waals surface area contributed by atoms with Crippen LogP contribution in [0.15, 0.2) is 54.9 Å². The normalized spacial score (nSPS) is 10.5. The van der Waals surface area contributed by atoms with Gasteiger partial charge in [0, 0.05) is 11.8 Å². The lowest BCUT2D eigenvalue weighted by atomic mass is 10.2. The number of nitrogens with zero attached hydrogens (tertiary/aromatic N) is 2. The van der Waals surface area contributed by atoms with Crippen molar-refractivity contribution in [2.45, 2.75) is 20.4 Å². The molecule has 28 heavy (non-hydrogen) atoms. The average Bonchev–Trinajstić information content (AvgIpc) is 3.12. The molecular weight excluding hydrogens is 361 g/mol. The van der Waals surface area contributed by atoms with E-state index in [1.54, 1.807) is 47.4 Å². The number of anilines is 1. The van der Waals surface area contributed by atoms with Gasteiger partial charge in [0.1, 0.15) is 5.82 Å². The molecule has 3 aromatic rings. The van der Waals surface area contributed by atoms with Crippen molar-refractivity contribution >= 4 is 11.6 Å². The summed E-state index contributed by atoms with van der Waals surface area (Å²) >= 11 is 0. The van der Waals surface area contributed by atoms with Gasteiger partial charge < -0.3 is 14.8 Å². The molecule has 146 valence electrons. The van der Waals surface area contributed by atoms with E-state index in [-0.39, 0.29) is 11.7 Å². The highest BCUT2D eigenvalue weighted by Crippen LogP contribution is 2.28. The van der Waals surface area contributed by atoms with Crippen LogP contribution in [0, 0.1) is 5.82 Å². The summed E-state index contributed by atoms with van der Waals surface area (Å²) in [5.41, 5.74) is 1.94. The third-order valence-corrected chi connectivity index (χ3v) is 3.95. The van der Waals surface area contributed by atoms with E-state index in [9.17, 15) is 9.18 Å². The minimum atomic E-state index is -0.279. The summed E-state index contributed by atoms with van der Waals surface area (Å²) in [5, 5.41) is 7.05. The zero-order chi connectivity index (χ0) is 19.9. The Balaban J connectivity index is 1.68. The molecule has 1 heterocycles. The molecule has 0 spiro atoms. The number of aromatic nitrogens is 2. The smallest absolute Gasteiger partial charge is 0.255 e. The highest BCUT2D eigenvalue weighted by molar-refractivity contribution is 6.04. The molecule has 2 aromatic carbocycles. The van der Waals surface area contributed by atoms with Crippen LogP contribution >= 0.6 is 0 Å². The molecule has 0 fully saturated rings. The summed E-state index contributed by atoms with van der Waals surface area (Å²) in [5.74, 6) is 0.585. The Morgan fingerprint density at radius 2 is 1.79 bits per heavy atom. The Labute approximate surface area is 162 Å². The van der Waals surface area contributed by atoms with E-state index in [1.165, 1.54) is 12.1 Å². The fourth-order valence-corrected chi connectivity index (χ4v) is 2.69. The molecule has 3 rings (SSSR count). The second kappa shape index (κ2) is 9.03. The lowest BCUT2D eigenvalue weighted by Crippen LogP contribution is -2.12. The van der Waals surface area contributed by atoms with Crippen molar-refractivity contribution in [3.63, 3.8) is 0 Å². The fraction of sp³-hybridized carbons (Fsp3) is 0.238. The number of halogens is 1. The van der Waals surface area contributed by atoms with Gasteiger partial charge in [-0.25, -0.2) is 4.39 Å². The second-order valence-electron chi connectivity index (χ2n) is 6.03. The summed E-state index contributed by atoms with van der Waals surface area (Å²) < 4.78 is 25.7. The van der Waals surface area contributed by atoms with Gasteiger partial charge in [0.25, 0.3) is 5.91 Å². The third kappa shape index (κ3) is 4.88. The van der Waals surface area contributed by atoms with Crippen molar-refractivity contribution in [3.05, 3.63) is 71.8 Å². The minimum absolute atomic E-state index is 0.273. The van der Waals surface area contributed by atoms with Crippen LogP contribution in [0.4, 0.5) is 10.1 Å². The van der Waals surface area contributed by atoms with Gasteiger partial charge in [0.05, 0.1) is 31.6 Å². The van der Waals surface area contributed by atoms with Crippen molar-refractivity contribution in [1.82, 2.24) is 9.78 Å². The molecule has 0 atom stereocenters. The fourth-order valence-electron chi connectivity index (χ4n) is 2.69. The Morgan fingerprint density at radius 1 is 1.07 bits per heavy atom. The van der Waals surface area contributed by atoms with Crippen LogP contribution in [0.1, 0.15) is 29.8 Å². The molecular formula is C21H22FN3O3. The minimum Gasteiger partial charge on any atom is -0.490 e. The van der Waals surface area contributed by atoms with E-state index >= 15 is 0 Å². The monoisotopic (exact) mass is 383 g/mol. The first-order valence-electron chi connectivity index (χ1n) is 9.07. The van der Waals surface area contributed by atoms with Gasteiger partial charge in [0.2, 0.25) is 0 Å². The highest BCUT2D eigenvalue weighted by atomic mass is 19.1. The third-order valence-electron chi connectivity index (χ3n) is 3.95. The van der Waals surface area contributed by atoms with Gasteiger partial charge in [0.15, 0.2) is 11.5 Å². The molecule has 0 aliphatic carbocycles. The SMILES string of the molecule is CCOc1ccc(C(=O)Nc2cnn(Cc3ccc(F)cc3)c2)cc1OCC. The van der Waals surface area contributed by atoms with E-state index in [1.807, 2.05) is 13.8 Å². The number of carbonyl (C=O) groups excluding carboxylic acids is 1. The van der Waals surface area contributed by atoms with Crippen LogP contribution in [0.25, 0.3) is 0 Å². The van der Waals surface area contributed by atoms with Crippen LogP contribution < -0.4 is 14.8 Å². The quantitative estimate of drug-likeness (QED) is 0.635. The Bertz CT molecular complexity index is 938. The molecule has 6 nitrogen and oxygen atoms in total. The molecule has 0 unspecified atom stereocenters. The molecule has 0 saturated carbocycles. The largest absolute Gasteiger partial charge is 0.490 e. The summed E-state index contributed by atoms with van der Waals surface area (Å²) in [6.07, 6.45) is 3.29. The van der Waals surface area contributed by atoms with Gasteiger partial charge in [-0.1, -0.05) is 12.1 Å². The molecule has 1 amide bonds. The zero-order valence-electron chi connectivity index (χ0n) is 15.8. The molecule has 7 heteroatoms. The zero-order valence-corrected chi connectivity index (χ0v) is 15.8. The summed E-state index contributed by atoms with van der Waals surface area (Å²) in [4.78, 5) is 12.6. The first-order valence-corrected chi connectivity index (χ1v) is 9.07. The number of amides is 1. The van der Waals surface area contributed by atoms with Crippen LogP contribution in [0.2, 0.25) is 0 Å². The maximum atomic E-state index is 13.0. The number of nitrogens with one attached hydrogen (secondary N) is 1. The van der Waals surface area contributed by atoms with E-state index in [0.717, 1.165) is 5.56 Å². The van der Waals surface area contributed by atoms with E-state index in [2.05, 4.69) is 10.4 Å². The molecule has 1 N–H and O–H groups in total. The van der Waals surface area contributed by atoms with Gasteiger partial charge >= 0.3 is 0 Å². The first-order chi connectivity index (χ1) is 13.6. The second-order valence-corrected chi connectivity index (χ2v) is 6.03. The maximum absolute atomic E-state index is 13.0. The van der Waals surface area contributed by atoms with Crippen molar-refractivity contribution in [2.24, 2.45) is 0 Å². The number of hydrogen-bond donors (Lipinski definition) is 1. The van der Waals surface area contributed by atoms with Crippen LogP contribution in [0.5, 0.6) is 11.5 Å². The Kier molecular flexibility index (Phi) is 6.26. The maximum Gasteiger partial charge on any atom is 0.255 e. The van der Waals surface area contributed by atoms with E-state index in [4.69, 9.17) is 9.47 Å². The lowest BCUT2D eigenvalue weighted by Gasteiger charge is -2.12. The number of carbonyl (C=O) groups is 1. The summed E-state index contributed by atoms with van der Waals surface area (Å²) in [7, 11) is 0. The van der Waals surface area contributed by atoms with Crippen LogP contribution in [0.3, 0.4) is 0 Å².